The number of hydrogen-bond acceptors (Lipinski definition) is 4. The van der Waals surface area contributed by atoms with Crippen LogP contribution in [0.15, 0.2) is 115 Å². The molecule has 0 aliphatic heterocycles. The third-order valence-corrected chi connectivity index (χ3v) is 10.4. The van der Waals surface area contributed by atoms with E-state index in [4.69, 9.17) is 10.1 Å². The van der Waals surface area contributed by atoms with E-state index in [-0.39, 0.29) is 21.1 Å². The first-order valence-electron chi connectivity index (χ1n) is 14.0. The largest absolute Gasteiger partial charge is 2.00 e. The molecule has 0 bridgehead atoms. The summed E-state index contributed by atoms with van der Waals surface area (Å²) < 4.78 is 10.3. The summed E-state index contributed by atoms with van der Waals surface area (Å²) in [4.78, 5) is 4.73. The molecule has 0 unspecified atom stereocenters. The summed E-state index contributed by atoms with van der Waals surface area (Å²) in [5, 5.41) is 11.6. The van der Waals surface area contributed by atoms with E-state index in [1.54, 1.807) is 22.7 Å². The van der Waals surface area contributed by atoms with Crippen molar-refractivity contribution in [2.75, 3.05) is 0 Å². The van der Waals surface area contributed by atoms with Gasteiger partial charge in [-0.15, -0.1) is 57.7 Å². The zero-order chi connectivity index (χ0) is 28.1. The predicted molar refractivity (Wildman–Crippen MR) is 178 cm³/mol. The van der Waals surface area contributed by atoms with Crippen LogP contribution >= 0.6 is 22.7 Å². The summed E-state index contributed by atoms with van der Waals surface area (Å²) in [6.45, 7) is 0. The number of nitrogens with zero attached hydrogens (tertiary/aromatic N) is 5. The second kappa shape index (κ2) is 9.73. The summed E-state index contributed by atoms with van der Waals surface area (Å²) in [5.74, 6) is 0.874. The molecular weight excluding hydrogens is 762 g/mol. The van der Waals surface area contributed by atoms with Gasteiger partial charge in [-0.05, 0) is 52.2 Å². The van der Waals surface area contributed by atoms with Crippen molar-refractivity contribution in [2.45, 2.75) is 0 Å². The van der Waals surface area contributed by atoms with Crippen molar-refractivity contribution >= 4 is 85.9 Å². The standard InChI is InChI=1S/C36H19N5S2.Pt/c1-3-12-28-24(10-1)26-19-27-25-11-2-4-13-29(25)40(34-14-5-6-16-37-34)31(27)20-30(26)39(28)22-8-7-9-23(18-22)41-35-33(21-38-41)43-32-15-17-42-36(32)35;/h1-17,19,21H;/q-2;+2. The summed E-state index contributed by atoms with van der Waals surface area (Å²) >= 11 is 3.55. The molecule has 0 fully saturated rings. The number of pyridine rings is 1. The van der Waals surface area contributed by atoms with Gasteiger partial charge in [-0.2, -0.15) is 17.2 Å². The Bertz CT molecular complexity index is 2690. The first-order valence-corrected chi connectivity index (χ1v) is 15.7. The SMILES string of the molecule is [Pt+2].[c-]1c(-n2ncc3sc4ccsc4c32)cccc1-n1c2[c-]c3c(cc2c2ccccc21)c1ccccc1n3-c1ccccn1. The van der Waals surface area contributed by atoms with E-state index in [0.29, 0.717) is 0 Å². The van der Waals surface area contributed by atoms with Crippen LogP contribution in [-0.4, -0.2) is 23.9 Å². The van der Waals surface area contributed by atoms with Crippen molar-refractivity contribution in [1.29, 1.82) is 0 Å². The van der Waals surface area contributed by atoms with E-state index in [9.17, 15) is 0 Å². The fraction of sp³-hybridized carbons (Fsp3) is 0. The Kier molecular flexibility index (Phi) is 5.73. The van der Waals surface area contributed by atoms with Crippen LogP contribution < -0.4 is 0 Å². The summed E-state index contributed by atoms with van der Waals surface area (Å²) in [7, 11) is 0. The van der Waals surface area contributed by atoms with Gasteiger partial charge >= 0.3 is 21.1 Å². The van der Waals surface area contributed by atoms with Crippen molar-refractivity contribution in [3.05, 3.63) is 127 Å². The summed E-state index contributed by atoms with van der Waals surface area (Å²) in [5.41, 5.74) is 7.24. The van der Waals surface area contributed by atoms with Crippen LogP contribution in [0.5, 0.6) is 0 Å². The van der Waals surface area contributed by atoms with Crippen molar-refractivity contribution in [2.24, 2.45) is 0 Å². The number of thiophene rings is 2. The Morgan fingerprint density at radius 2 is 1.36 bits per heavy atom. The van der Waals surface area contributed by atoms with Crippen LogP contribution in [0.3, 0.4) is 0 Å². The van der Waals surface area contributed by atoms with Crippen LogP contribution in [0, 0.1) is 12.1 Å². The molecular formula is C36H19N5PtS2. The van der Waals surface area contributed by atoms with Crippen molar-refractivity contribution < 1.29 is 21.1 Å². The predicted octanol–water partition coefficient (Wildman–Crippen LogP) is 9.49. The van der Waals surface area contributed by atoms with Crippen LogP contribution in [0.1, 0.15) is 0 Å². The molecule has 10 aromatic rings. The van der Waals surface area contributed by atoms with Gasteiger partial charge in [0.05, 0.1) is 15.6 Å². The van der Waals surface area contributed by atoms with Crippen molar-refractivity contribution in [3.8, 4) is 17.2 Å². The molecule has 6 aromatic heterocycles. The van der Waals surface area contributed by atoms with Crippen molar-refractivity contribution in [1.82, 2.24) is 23.9 Å². The molecule has 0 amide bonds. The Hall–Kier alpha value is -4.55. The number of fused-ring (bicyclic) bond motifs is 9. The van der Waals surface area contributed by atoms with Gasteiger partial charge in [-0.1, -0.05) is 59.2 Å². The second-order valence-corrected chi connectivity index (χ2v) is 12.6. The fourth-order valence-corrected chi connectivity index (χ4v) is 8.67. The molecule has 10 rings (SSSR count). The molecule has 210 valence electrons. The number of hydrogen-bond donors (Lipinski definition) is 0. The van der Waals surface area contributed by atoms with E-state index in [0.717, 1.165) is 55.5 Å². The minimum Gasteiger partial charge on any atom is -0.358 e. The number of rotatable bonds is 3. The number of benzene rings is 4. The average molecular weight is 781 g/mol. The molecule has 0 aliphatic rings. The van der Waals surface area contributed by atoms with Gasteiger partial charge in [0.15, 0.2) is 0 Å². The molecule has 0 spiro atoms. The normalized spacial score (nSPS) is 11.9. The summed E-state index contributed by atoms with van der Waals surface area (Å²) in [6, 6.07) is 41.6. The maximum atomic E-state index is 4.79. The van der Waals surface area contributed by atoms with E-state index in [2.05, 4.69) is 112 Å². The van der Waals surface area contributed by atoms with Crippen molar-refractivity contribution in [3.63, 3.8) is 0 Å². The molecule has 4 aromatic carbocycles. The van der Waals surface area contributed by atoms with Crippen LogP contribution in [0.25, 0.3) is 80.4 Å². The molecule has 0 saturated carbocycles. The first-order chi connectivity index (χ1) is 21.3. The van der Waals surface area contributed by atoms with E-state index in [1.165, 1.54) is 24.9 Å². The Balaban J connectivity index is 0.00000270. The molecule has 0 aliphatic carbocycles. The number of para-hydroxylation sites is 2. The van der Waals surface area contributed by atoms with Gasteiger partial charge in [-0.3, -0.25) is 4.68 Å². The molecule has 0 radical (unpaired) electrons. The van der Waals surface area contributed by atoms with Crippen LogP contribution in [0.2, 0.25) is 0 Å². The van der Waals surface area contributed by atoms with Crippen LogP contribution in [-0.2, 0) is 21.1 Å². The molecule has 0 atom stereocenters. The average Bonchev–Trinajstić information content (AvgIpc) is 3.86. The van der Waals surface area contributed by atoms with Gasteiger partial charge in [0.25, 0.3) is 0 Å². The molecule has 5 nitrogen and oxygen atoms in total. The quantitative estimate of drug-likeness (QED) is 0.168. The van der Waals surface area contributed by atoms with E-state index in [1.807, 2.05) is 29.2 Å². The van der Waals surface area contributed by atoms with E-state index < -0.39 is 0 Å². The third-order valence-electron chi connectivity index (χ3n) is 8.26. The second-order valence-electron chi connectivity index (χ2n) is 10.6. The van der Waals surface area contributed by atoms with Gasteiger partial charge in [0.1, 0.15) is 11.3 Å². The zero-order valence-corrected chi connectivity index (χ0v) is 26.7. The topological polar surface area (TPSA) is 40.6 Å². The van der Waals surface area contributed by atoms with Gasteiger partial charge in [-0.25, -0.2) is 4.98 Å². The van der Waals surface area contributed by atoms with Crippen LogP contribution in [0.4, 0.5) is 0 Å². The summed E-state index contributed by atoms with van der Waals surface area (Å²) in [6.07, 6.45) is 3.81. The Morgan fingerprint density at radius 1 is 0.636 bits per heavy atom. The maximum absolute atomic E-state index is 4.79. The molecule has 6 heterocycles. The Morgan fingerprint density at radius 3 is 2.16 bits per heavy atom. The third kappa shape index (κ3) is 3.55. The monoisotopic (exact) mass is 780 g/mol. The maximum Gasteiger partial charge on any atom is 2.00 e. The first kappa shape index (κ1) is 25.9. The molecule has 0 saturated heterocycles. The zero-order valence-electron chi connectivity index (χ0n) is 22.8. The van der Waals surface area contributed by atoms with E-state index >= 15 is 0 Å². The van der Waals surface area contributed by atoms with Gasteiger partial charge < -0.3 is 9.13 Å². The smallest absolute Gasteiger partial charge is 0.358 e. The van der Waals surface area contributed by atoms with Gasteiger partial charge in [0, 0.05) is 21.9 Å². The van der Waals surface area contributed by atoms with Gasteiger partial charge in [0.2, 0.25) is 0 Å². The number of aromatic nitrogens is 5. The Labute approximate surface area is 273 Å². The minimum absolute atomic E-state index is 0. The fourth-order valence-electron chi connectivity index (χ4n) is 6.47. The molecule has 0 N–H and O–H groups in total. The molecule has 8 heteroatoms. The minimum atomic E-state index is 0. The molecule has 44 heavy (non-hydrogen) atoms.